The van der Waals surface area contributed by atoms with E-state index in [0.717, 1.165) is 22.6 Å². The van der Waals surface area contributed by atoms with Crippen molar-refractivity contribution in [2.24, 2.45) is 0 Å². The molecule has 0 aliphatic carbocycles. The van der Waals surface area contributed by atoms with Gasteiger partial charge in [-0.15, -0.1) is 0 Å². The number of benzene rings is 8. The van der Waals surface area contributed by atoms with E-state index < -0.39 is 0 Å². The van der Waals surface area contributed by atoms with Gasteiger partial charge in [-0.25, -0.2) is 0 Å². The van der Waals surface area contributed by atoms with Crippen molar-refractivity contribution in [2.45, 2.75) is 0 Å². The summed E-state index contributed by atoms with van der Waals surface area (Å²) in [5.74, 6) is 0. The smallest absolute Gasteiger partial charge is 0.0540 e. The van der Waals surface area contributed by atoms with Crippen molar-refractivity contribution in [3.8, 4) is 33.4 Å². The molecule has 1 N–H and O–H groups in total. The Morgan fingerprint density at radius 3 is 1.60 bits per heavy atom. The minimum Gasteiger partial charge on any atom is -0.355 e. The Labute approximate surface area is 280 Å². The molecule has 9 rings (SSSR count). The Kier molecular flexibility index (Phi) is 6.84. The van der Waals surface area contributed by atoms with E-state index >= 15 is 0 Å². The molecule has 9 aromatic rings. The van der Waals surface area contributed by atoms with Crippen LogP contribution in [0.1, 0.15) is 0 Å². The maximum atomic E-state index is 3.56. The largest absolute Gasteiger partial charge is 0.355 e. The first-order valence-electron chi connectivity index (χ1n) is 16.4. The fraction of sp³-hybridized carbons (Fsp3) is 0. The lowest BCUT2D eigenvalue weighted by atomic mass is 9.96. The number of hydrogen-bond donors (Lipinski definition) is 1. The van der Waals surface area contributed by atoms with Crippen LogP contribution in [0, 0.1) is 0 Å². The van der Waals surface area contributed by atoms with Crippen LogP contribution >= 0.6 is 0 Å². The number of fused-ring (bicyclic) bond motifs is 4. The summed E-state index contributed by atoms with van der Waals surface area (Å²) in [7, 11) is 0. The van der Waals surface area contributed by atoms with E-state index in [1.165, 1.54) is 60.4 Å². The lowest BCUT2D eigenvalue weighted by Gasteiger charge is -2.28. The zero-order valence-electron chi connectivity index (χ0n) is 26.3. The van der Waals surface area contributed by atoms with Gasteiger partial charge in [-0.1, -0.05) is 133 Å². The first-order valence-corrected chi connectivity index (χ1v) is 16.4. The first-order chi connectivity index (χ1) is 23.8. The molecule has 0 unspecified atom stereocenters. The number of rotatable bonds is 6. The van der Waals surface area contributed by atoms with Crippen molar-refractivity contribution in [1.82, 2.24) is 4.98 Å². The Hall–Kier alpha value is -6.38. The van der Waals surface area contributed by atoms with Gasteiger partial charge >= 0.3 is 0 Å². The second-order valence-corrected chi connectivity index (χ2v) is 12.3. The summed E-state index contributed by atoms with van der Waals surface area (Å²) in [5, 5.41) is 4.92. The summed E-state index contributed by atoms with van der Waals surface area (Å²) in [5.41, 5.74) is 12.8. The van der Waals surface area contributed by atoms with Gasteiger partial charge in [-0.3, -0.25) is 0 Å². The molecule has 0 atom stereocenters. The van der Waals surface area contributed by atoms with Gasteiger partial charge in [0.05, 0.1) is 5.69 Å². The molecule has 2 heteroatoms. The molecule has 1 heterocycles. The van der Waals surface area contributed by atoms with Gasteiger partial charge in [0.2, 0.25) is 0 Å². The highest BCUT2D eigenvalue weighted by molar-refractivity contribution is 6.08. The number of nitrogens with zero attached hydrogens (tertiary/aromatic N) is 1. The number of para-hydroxylation sites is 1. The average molecular weight is 613 g/mol. The van der Waals surface area contributed by atoms with E-state index in [2.05, 4.69) is 198 Å². The first kappa shape index (κ1) is 27.9. The molecule has 0 radical (unpaired) electrons. The number of hydrogen-bond acceptors (Lipinski definition) is 1. The van der Waals surface area contributed by atoms with E-state index in [-0.39, 0.29) is 0 Å². The van der Waals surface area contributed by atoms with Crippen LogP contribution in [-0.2, 0) is 0 Å². The second-order valence-electron chi connectivity index (χ2n) is 12.3. The van der Waals surface area contributed by atoms with Crippen LogP contribution in [-0.4, -0.2) is 4.98 Å². The SMILES string of the molecule is c1ccc(-c2cc(-c3ccccc3)cc(N(c3ccc(-c4ccc5[nH]c6ccccc6c5c4)cc3)c3cccc4ccccc34)c2)cc1. The van der Waals surface area contributed by atoms with Crippen LogP contribution in [0.15, 0.2) is 188 Å². The molecule has 0 aliphatic heterocycles. The Balaban J connectivity index is 1.22. The van der Waals surface area contributed by atoms with Gasteiger partial charge in [0.15, 0.2) is 0 Å². The molecule has 2 nitrogen and oxygen atoms in total. The van der Waals surface area contributed by atoms with E-state index in [1.54, 1.807) is 0 Å². The van der Waals surface area contributed by atoms with Gasteiger partial charge in [-0.05, 0) is 93.4 Å². The van der Waals surface area contributed by atoms with Crippen LogP contribution < -0.4 is 4.90 Å². The van der Waals surface area contributed by atoms with Crippen molar-refractivity contribution in [3.63, 3.8) is 0 Å². The zero-order chi connectivity index (χ0) is 31.9. The Bertz CT molecular complexity index is 2480. The topological polar surface area (TPSA) is 19.0 Å². The number of aromatic amines is 1. The molecular weight excluding hydrogens is 581 g/mol. The van der Waals surface area contributed by atoms with Gasteiger partial charge < -0.3 is 9.88 Å². The monoisotopic (exact) mass is 612 g/mol. The third-order valence-electron chi connectivity index (χ3n) is 9.36. The maximum absolute atomic E-state index is 3.56. The molecule has 0 saturated carbocycles. The average Bonchev–Trinajstić information content (AvgIpc) is 3.54. The standard InChI is InChI=1S/C46H32N2/c1-3-12-32(13-4-1)37-28-38(33-14-5-2-6-15-33)30-40(29-37)48(46-21-11-17-35-16-7-8-18-41(35)46)39-25-22-34(23-26-39)36-24-27-45-43(31-36)42-19-9-10-20-44(42)47-45/h1-31,47H. The molecule has 0 bridgehead atoms. The molecule has 0 saturated heterocycles. The van der Waals surface area contributed by atoms with Gasteiger partial charge in [0.25, 0.3) is 0 Å². The molecule has 0 aliphatic rings. The quantitative estimate of drug-likeness (QED) is 0.198. The molecule has 1 aromatic heterocycles. The highest BCUT2D eigenvalue weighted by Gasteiger charge is 2.18. The maximum Gasteiger partial charge on any atom is 0.0540 e. The lowest BCUT2D eigenvalue weighted by molar-refractivity contribution is 1.30. The molecule has 0 spiro atoms. The van der Waals surface area contributed by atoms with Crippen LogP contribution in [0.4, 0.5) is 17.1 Å². The third kappa shape index (κ3) is 5.01. The molecule has 226 valence electrons. The van der Waals surface area contributed by atoms with Crippen molar-refractivity contribution in [2.75, 3.05) is 4.90 Å². The molecular formula is C46H32N2. The van der Waals surface area contributed by atoms with Crippen LogP contribution in [0.2, 0.25) is 0 Å². The summed E-state index contributed by atoms with van der Waals surface area (Å²) in [6, 6.07) is 67.8. The summed E-state index contributed by atoms with van der Waals surface area (Å²) < 4.78 is 0. The van der Waals surface area contributed by atoms with Gasteiger partial charge in [-0.2, -0.15) is 0 Å². The fourth-order valence-corrected chi connectivity index (χ4v) is 7.00. The number of H-pyrrole nitrogens is 1. The minimum atomic E-state index is 1.10. The Morgan fingerprint density at radius 2 is 0.875 bits per heavy atom. The third-order valence-corrected chi connectivity index (χ3v) is 9.36. The second kappa shape index (κ2) is 11.8. The van der Waals surface area contributed by atoms with Crippen molar-refractivity contribution in [3.05, 3.63) is 188 Å². The highest BCUT2D eigenvalue weighted by Crippen LogP contribution is 2.43. The van der Waals surface area contributed by atoms with E-state index in [9.17, 15) is 0 Å². The molecule has 48 heavy (non-hydrogen) atoms. The molecule has 0 amide bonds. The molecule has 8 aromatic carbocycles. The summed E-state index contributed by atoms with van der Waals surface area (Å²) in [6.45, 7) is 0. The minimum absolute atomic E-state index is 1.10. The van der Waals surface area contributed by atoms with E-state index in [1.807, 2.05) is 0 Å². The summed E-state index contributed by atoms with van der Waals surface area (Å²) >= 11 is 0. The number of anilines is 3. The van der Waals surface area contributed by atoms with Crippen LogP contribution in [0.25, 0.3) is 66.0 Å². The van der Waals surface area contributed by atoms with Crippen molar-refractivity contribution in [1.29, 1.82) is 0 Å². The van der Waals surface area contributed by atoms with Crippen LogP contribution in [0.3, 0.4) is 0 Å². The van der Waals surface area contributed by atoms with E-state index in [4.69, 9.17) is 0 Å². The number of aromatic nitrogens is 1. The normalized spacial score (nSPS) is 11.3. The highest BCUT2D eigenvalue weighted by atomic mass is 15.1. The summed E-state index contributed by atoms with van der Waals surface area (Å²) in [6.07, 6.45) is 0. The zero-order valence-corrected chi connectivity index (χ0v) is 26.3. The van der Waals surface area contributed by atoms with Crippen molar-refractivity contribution >= 4 is 49.6 Å². The van der Waals surface area contributed by atoms with Crippen molar-refractivity contribution < 1.29 is 0 Å². The predicted octanol–water partition coefficient (Wildman–Crippen LogP) is 12.9. The van der Waals surface area contributed by atoms with Gasteiger partial charge in [0.1, 0.15) is 0 Å². The fourth-order valence-electron chi connectivity index (χ4n) is 7.00. The van der Waals surface area contributed by atoms with E-state index in [0.29, 0.717) is 0 Å². The number of nitrogens with one attached hydrogen (secondary N) is 1. The van der Waals surface area contributed by atoms with Gasteiger partial charge in [0, 0.05) is 38.6 Å². The predicted molar refractivity (Wildman–Crippen MR) is 204 cm³/mol. The Morgan fingerprint density at radius 1 is 0.312 bits per heavy atom. The molecule has 0 fully saturated rings. The lowest BCUT2D eigenvalue weighted by Crippen LogP contribution is -2.11. The summed E-state index contributed by atoms with van der Waals surface area (Å²) in [4.78, 5) is 5.97. The van der Waals surface area contributed by atoms with Crippen LogP contribution in [0.5, 0.6) is 0 Å².